The lowest BCUT2D eigenvalue weighted by Crippen LogP contribution is -2.31. The number of hydrogen-bond donors (Lipinski definition) is 0. The zero-order chi connectivity index (χ0) is 18.5. The number of amidine groups is 1. The highest BCUT2D eigenvalue weighted by atomic mass is 32.2. The lowest BCUT2D eigenvalue weighted by Gasteiger charge is -2.17. The fourth-order valence-corrected chi connectivity index (χ4v) is 3.77. The zero-order valence-electron chi connectivity index (χ0n) is 15.3. The molecule has 1 atom stereocenters. The standard InChI is InChI=1S/C21H23N3OS/c1-4-19-20(25)24(14-18-8-6-5-7-16(18)3)21(26-19)23-22-13-17-11-9-15(2)10-12-17/h5-13,19H,4,14H2,1-3H3/b22-13+,23-21-. The van der Waals surface area contributed by atoms with Gasteiger partial charge in [-0.3, -0.25) is 9.69 Å². The molecule has 2 aromatic carbocycles. The largest absolute Gasteiger partial charge is 0.284 e. The normalized spacial score (nSPS) is 19.0. The summed E-state index contributed by atoms with van der Waals surface area (Å²) in [4.78, 5) is 14.5. The van der Waals surface area contributed by atoms with Gasteiger partial charge in [0.2, 0.25) is 5.91 Å². The van der Waals surface area contributed by atoms with E-state index < -0.39 is 0 Å². The molecule has 1 fully saturated rings. The summed E-state index contributed by atoms with van der Waals surface area (Å²) in [5.74, 6) is 0.116. The maximum atomic E-state index is 12.7. The van der Waals surface area contributed by atoms with Gasteiger partial charge in [0, 0.05) is 0 Å². The van der Waals surface area contributed by atoms with Crippen LogP contribution in [0.5, 0.6) is 0 Å². The number of thioether (sulfide) groups is 1. The highest BCUT2D eigenvalue weighted by Gasteiger charge is 2.37. The summed E-state index contributed by atoms with van der Waals surface area (Å²) in [6.45, 7) is 6.68. The van der Waals surface area contributed by atoms with Crippen LogP contribution in [0.4, 0.5) is 0 Å². The first-order valence-corrected chi connectivity index (χ1v) is 9.66. The maximum absolute atomic E-state index is 12.7. The van der Waals surface area contributed by atoms with Gasteiger partial charge in [0.1, 0.15) is 0 Å². The van der Waals surface area contributed by atoms with Gasteiger partial charge in [0.25, 0.3) is 0 Å². The van der Waals surface area contributed by atoms with Crippen LogP contribution in [0, 0.1) is 13.8 Å². The summed E-state index contributed by atoms with van der Waals surface area (Å²) < 4.78 is 0. The molecule has 2 aromatic rings. The molecular weight excluding hydrogens is 342 g/mol. The topological polar surface area (TPSA) is 45.0 Å². The van der Waals surface area contributed by atoms with Gasteiger partial charge in [0.15, 0.2) is 5.17 Å². The van der Waals surface area contributed by atoms with Crippen molar-refractivity contribution in [2.45, 2.75) is 39.0 Å². The van der Waals surface area contributed by atoms with Crippen molar-refractivity contribution in [2.24, 2.45) is 10.2 Å². The fourth-order valence-electron chi connectivity index (χ4n) is 2.75. The molecule has 0 saturated carbocycles. The number of carbonyl (C=O) groups is 1. The van der Waals surface area contributed by atoms with Crippen molar-refractivity contribution < 1.29 is 4.79 Å². The van der Waals surface area contributed by atoms with Crippen LogP contribution >= 0.6 is 11.8 Å². The van der Waals surface area contributed by atoms with Crippen molar-refractivity contribution in [1.29, 1.82) is 0 Å². The first-order chi connectivity index (χ1) is 12.6. The van der Waals surface area contributed by atoms with Gasteiger partial charge >= 0.3 is 0 Å². The first-order valence-electron chi connectivity index (χ1n) is 8.78. The summed E-state index contributed by atoms with van der Waals surface area (Å²) in [5, 5.41) is 9.17. The van der Waals surface area contributed by atoms with Crippen molar-refractivity contribution in [3.05, 3.63) is 70.8 Å². The van der Waals surface area contributed by atoms with Crippen LogP contribution in [-0.4, -0.2) is 27.4 Å². The Morgan fingerprint density at radius 3 is 2.54 bits per heavy atom. The van der Waals surface area contributed by atoms with Gasteiger partial charge < -0.3 is 0 Å². The molecule has 1 heterocycles. The molecule has 5 heteroatoms. The molecule has 4 nitrogen and oxygen atoms in total. The summed E-state index contributed by atoms with van der Waals surface area (Å²) in [5.41, 5.74) is 4.51. The molecule has 0 bridgehead atoms. The van der Waals surface area contributed by atoms with Crippen molar-refractivity contribution in [1.82, 2.24) is 4.90 Å². The monoisotopic (exact) mass is 365 g/mol. The minimum Gasteiger partial charge on any atom is -0.284 e. The first kappa shape index (κ1) is 18.4. The number of rotatable bonds is 5. The van der Waals surface area contributed by atoms with E-state index in [4.69, 9.17) is 0 Å². The van der Waals surface area contributed by atoms with Crippen LogP contribution in [0.1, 0.15) is 35.6 Å². The molecule has 1 unspecified atom stereocenters. The molecule has 3 rings (SSSR count). The Morgan fingerprint density at radius 2 is 1.85 bits per heavy atom. The molecule has 1 amide bonds. The van der Waals surface area contributed by atoms with E-state index in [0.717, 1.165) is 17.5 Å². The highest BCUT2D eigenvalue weighted by Crippen LogP contribution is 2.31. The summed E-state index contributed by atoms with van der Waals surface area (Å²) in [7, 11) is 0. The van der Waals surface area contributed by atoms with Crippen LogP contribution in [0.2, 0.25) is 0 Å². The van der Waals surface area contributed by atoms with Gasteiger partial charge in [-0.2, -0.15) is 5.10 Å². The SMILES string of the molecule is CCC1S/C(=N\N=C\c2ccc(C)cc2)N(Cc2ccccc2C)C1=O. The van der Waals surface area contributed by atoms with Crippen molar-refractivity contribution >= 4 is 29.1 Å². The second-order valence-electron chi connectivity index (χ2n) is 6.40. The average molecular weight is 366 g/mol. The minimum atomic E-state index is -0.0765. The van der Waals surface area contributed by atoms with Gasteiger partial charge in [-0.25, -0.2) is 0 Å². The quantitative estimate of drug-likeness (QED) is 0.576. The van der Waals surface area contributed by atoms with Crippen molar-refractivity contribution in [2.75, 3.05) is 0 Å². The van der Waals surface area contributed by atoms with E-state index in [9.17, 15) is 4.79 Å². The third-order valence-corrected chi connectivity index (χ3v) is 5.74. The average Bonchev–Trinajstić information content (AvgIpc) is 2.94. The second kappa shape index (κ2) is 8.32. The van der Waals surface area contributed by atoms with Gasteiger partial charge in [0.05, 0.1) is 18.0 Å². The molecule has 0 radical (unpaired) electrons. The Labute approximate surface area is 159 Å². The maximum Gasteiger partial charge on any atom is 0.242 e. The van der Waals surface area contributed by atoms with E-state index in [1.165, 1.54) is 22.9 Å². The number of aryl methyl sites for hydroxylation is 2. The zero-order valence-corrected chi connectivity index (χ0v) is 16.2. The minimum absolute atomic E-state index is 0.0765. The van der Waals surface area contributed by atoms with E-state index in [0.29, 0.717) is 11.7 Å². The second-order valence-corrected chi connectivity index (χ2v) is 7.57. The lowest BCUT2D eigenvalue weighted by molar-refractivity contribution is -0.126. The van der Waals surface area contributed by atoms with Gasteiger partial charge in [-0.1, -0.05) is 72.8 Å². The van der Waals surface area contributed by atoms with Crippen LogP contribution in [0.3, 0.4) is 0 Å². The van der Waals surface area contributed by atoms with Crippen molar-refractivity contribution in [3.63, 3.8) is 0 Å². The predicted molar refractivity (Wildman–Crippen MR) is 110 cm³/mol. The Hall–Kier alpha value is -2.40. The Balaban J connectivity index is 1.81. The van der Waals surface area contributed by atoms with Gasteiger partial charge in [-0.05, 0) is 37.0 Å². The molecule has 0 aromatic heterocycles. The number of benzene rings is 2. The van der Waals surface area contributed by atoms with Gasteiger partial charge in [-0.15, -0.1) is 5.10 Å². The Bertz CT molecular complexity index is 843. The molecule has 26 heavy (non-hydrogen) atoms. The summed E-state index contributed by atoms with van der Waals surface area (Å²) in [6.07, 6.45) is 2.51. The predicted octanol–water partition coefficient (Wildman–Crippen LogP) is 4.55. The molecular formula is C21H23N3OS. The number of amides is 1. The Morgan fingerprint density at radius 1 is 1.12 bits per heavy atom. The summed E-state index contributed by atoms with van der Waals surface area (Å²) >= 11 is 1.50. The molecule has 1 saturated heterocycles. The van der Waals surface area contributed by atoms with E-state index >= 15 is 0 Å². The van der Waals surface area contributed by atoms with E-state index in [-0.39, 0.29) is 11.2 Å². The number of hydrogen-bond acceptors (Lipinski definition) is 4. The fraction of sp³-hybridized carbons (Fsp3) is 0.286. The highest BCUT2D eigenvalue weighted by molar-refractivity contribution is 8.15. The number of nitrogens with zero attached hydrogens (tertiary/aromatic N) is 3. The molecule has 134 valence electrons. The Kier molecular flexibility index (Phi) is 5.89. The van der Waals surface area contributed by atoms with E-state index in [1.54, 1.807) is 11.1 Å². The van der Waals surface area contributed by atoms with Crippen LogP contribution in [0.15, 0.2) is 58.7 Å². The molecule has 0 spiro atoms. The van der Waals surface area contributed by atoms with E-state index in [2.05, 4.69) is 36.2 Å². The van der Waals surface area contributed by atoms with Crippen molar-refractivity contribution in [3.8, 4) is 0 Å². The molecule has 1 aliphatic rings. The van der Waals surface area contributed by atoms with E-state index in [1.807, 2.05) is 43.3 Å². The third kappa shape index (κ3) is 4.22. The summed E-state index contributed by atoms with van der Waals surface area (Å²) in [6, 6.07) is 16.2. The third-order valence-electron chi connectivity index (χ3n) is 4.41. The van der Waals surface area contributed by atoms with Crippen LogP contribution < -0.4 is 0 Å². The smallest absolute Gasteiger partial charge is 0.242 e. The molecule has 0 N–H and O–H groups in total. The molecule has 0 aliphatic carbocycles. The molecule has 1 aliphatic heterocycles. The number of carbonyl (C=O) groups excluding carboxylic acids is 1. The van der Waals surface area contributed by atoms with Crippen LogP contribution in [0.25, 0.3) is 0 Å². The van der Waals surface area contributed by atoms with Crippen LogP contribution in [-0.2, 0) is 11.3 Å². The lowest BCUT2D eigenvalue weighted by atomic mass is 10.1.